The minimum absolute atomic E-state index is 0.401. The van der Waals surface area contributed by atoms with Crippen molar-refractivity contribution in [2.24, 2.45) is 0 Å². The van der Waals surface area contributed by atoms with Crippen molar-refractivity contribution in [1.29, 1.82) is 0 Å². The van der Waals surface area contributed by atoms with E-state index in [9.17, 15) is 9.90 Å². The molecule has 35 heavy (non-hydrogen) atoms. The summed E-state index contributed by atoms with van der Waals surface area (Å²) in [5, 5.41) is 9.31. The third kappa shape index (κ3) is 6.31. The van der Waals surface area contributed by atoms with Crippen LogP contribution >= 0.6 is 11.3 Å². The fourth-order valence-corrected chi connectivity index (χ4v) is 4.52. The maximum Gasteiger partial charge on any atom is 0.344 e. The number of carbonyl (C=O) groups is 1. The van der Waals surface area contributed by atoms with Crippen LogP contribution in [-0.4, -0.2) is 28.8 Å². The van der Waals surface area contributed by atoms with Crippen LogP contribution in [0.15, 0.2) is 65.1 Å². The number of benzene rings is 2. The maximum absolute atomic E-state index is 11.4. The van der Waals surface area contributed by atoms with Crippen LogP contribution in [-0.2, 0) is 17.6 Å². The first kappa shape index (κ1) is 24.5. The summed E-state index contributed by atoms with van der Waals surface area (Å²) in [6.45, 7) is 6.30. The molecule has 4 aromatic rings. The van der Waals surface area contributed by atoms with E-state index < -0.39 is 12.1 Å². The van der Waals surface area contributed by atoms with Gasteiger partial charge in [-0.15, -0.1) is 11.3 Å². The van der Waals surface area contributed by atoms with E-state index in [-0.39, 0.29) is 0 Å². The molecule has 0 saturated carbocycles. The first-order chi connectivity index (χ1) is 16.9. The van der Waals surface area contributed by atoms with E-state index in [1.54, 1.807) is 18.3 Å². The summed E-state index contributed by atoms with van der Waals surface area (Å²) in [6, 6.07) is 19.6. The van der Waals surface area contributed by atoms with Gasteiger partial charge in [-0.3, -0.25) is 0 Å². The number of ether oxygens (including phenoxy) is 2. The summed E-state index contributed by atoms with van der Waals surface area (Å²) >= 11 is 1.67. The second-order valence-corrected chi connectivity index (χ2v) is 9.60. The van der Waals surface area contributed by atoms with Crippen LogP contribution in [0.1, 0.15) is 40.8 Å². The number of hydrogen-bond donors (Lipinski definition) is 1. The van der Waals surface area contributed by atoms with Gasteiger partial charge in [0.15, 0.2) is 6.10 Å². The molecule has 0 aliphatic rings. The lowest BCUT2D eigenvalue weighted by Crippen LogP contribution is -2.26. The van der Waals surface area contributed by atoms with Crippen LogP contribution in [0.4, 0.5) is 0 Å². The van der Waals surface area contributed by atoms with Gasteiger partial charge in [0.1, 0.15) is 17.3 Å². The minimum atomic E-state index is -0.956. The number of rotatable bonds is 11. The molecule has 2 aromatic carbocycles. The molecule has 6 nitrogen and oxygen atoms in total. The number of hydrogen-bond acceptors (Lipinski definition) is 6. The van der Waals surface area contributed by atoms with Crippen molar-refractivity contribution >= 4 is 17.3 Å². The van der Waals surface area contributed by atoms with Gasteiger partial charge >= 0.3 is 5.97 Å². The first-order valence-corrected chi connectivity index (χ1v) is 12.5. The van der Waals surface area contributed by atoms with E-state index in [1.165, 1.54) is 4.88 Å². The van der Waals surface area contributed by atoms with Crippen molar-refractivity contribution in [1.82, 2.24) is 4.98 Å². The lowest BCUT2D eigenvalue weighted by atomic mass is 10.0. The van der Waals surface area contributed by atoms with Crippen molar-refractivity contribution in [3.63, 3.8) is 0 Å². The molecule has 0 spiro atoms. The van der Waals surface area contributed by atoms with Crippen LogP contribution in [0, 0.1) is 13.8 Å². The molecule has 0 radical (unpaired) electrons. The smallest absolute Gasteiger partial charge is 0.344 e. The predicted octanol–water partition coefficient (Wildman–Crippen LogP) is 6.47. The van der Waals surface area contributed by atoms with Crippen LogP contribution in [0.2, 0.25) is 0 Å². The second kappa shape index (κ2) is 11.2. The highest BCUT2D eigenvalue weighted by molar-refractivity contribution is 7.15. The fraction of sp³-hybridized carbons (Fsp3) is 0.286. The lowest BCUT2D eigenvalue weighted by molar-refractivity contribution is -0.145. The Balaban J connectivity index is 1.33. The van der Waals surface area contributed by atoms with Crippen LogP contribution < -0.4 is 9.47 Å². The van der Waals surface area contributed by atoms with E-state index >= 15 is 0 Å². The van der Waals surface area contributed by atoms with Gasteiger partial charge in [-0.2, -0.15) is 0 Å². The number of para-hydroxylation sites is 1. The summed E-state index contributed by atoms with van der Waals surface area (Å²) in [7, 11) is 0. The summed E-state index contributed by atoms with van der Waals surface area (Å²) in [4.78, 5) is 18.3. The Kier molecular flexibility index (Phi) is 7.87. The largest absolute Gasteiger partial charge is 0.493 e. The Morgan fingerprint density at radius 3 is 2.54 bits per heavy atom. The highest BCUT2D eigenvalue weighted by atomic mass is 32.1. The molecule has 1 unspecified atom stereocenters. The van der Waals surface area contributed by atoms with E-state index in [0.29, 0.717) is 37.5 Å². The zero-order valence-corrected chi connectivity index (χ0v) is 20.9. The first-order valence-electron chi connectivity index (χ1n) is 11.6. The van der Waals surface area contributed by atoms with Gasteiger partial charge in [-0.05, 0) is 61.7 Å². The van der Waals surface area contributed by atoms with Gasteiger partial charge in [-0.25, -0.2) is 9.78 Å². The van der Waals surface area contributed by atoms with Crippen molar-refractivity contribution in [3.05, 3.63) is 88.1 Å². The third-order valence-electron chi connectivity index (χ3n) is 5.66. The number of carboxylic acids is 1. The van der Waals surface area contributed by atoms with E-state index in [4.69, 9.17) is 13.9 Å². The SMILES string of the molecule is CCC(Oc1ccccc1Cc1ccc(OCCc2nc(-c3ccc(C)s3)oc2C)cc1)C(=O)O. The molecule has 7 heteroatoms. The minimum Gasteiger partial charge on any atom is -0.493 e. The number of nitrogens with zero attached hydrogens (tertiary/aromatic N) is 1. The number of carboxylic acid groups (broad SMARTS) is 1. The van der Waals surface area contributed by atoms with Gasteiger partial charge in [0.25, 0.3) is 0 Å². The zero-order chi connectivity index (χ0) is 24.8. The molecule has 0 fully saturated rings. The molecule has 182 valence electrons. The number of thiophene rings is 1. The Bertz CT molecular complexity index is 1270. The van der Waals surface area contributed by atoms with Crippen molar-refractivity contribution in [2.75, 3.05) is 6.61 Å². The topological polar surface area (TPSA) is 81.8 Å². The summed E-state index contributed by atoms with van der Waals surface area (Å²) in [5.74, 6) is 1.91. The molecule has 2 aromatic heterocycles. The third-order valence-corrected chi connectivity index (χ3v) is 6.65. The normalized spacial score (nSPS) is 11.9. The molecule has 0 aliphatic carbocycles. The molecule has 4 rings (SSSR count). The van der Waals surface area contributed by atoms with E-state index in [0.717, 1.165) is 33.2 Å². The lowest BCUT2D eigenvalue weighted by Gasteiger charge is -2.16. The maximum atomic E-state index is 11.4. The zero-order valence-electron chi connectivity index (χ0n) is 20.1. The standard InChI is InChI=1S/C28H29NO5S/c1-4-24(28(30)31)34-25-8-6-5-7-21(25)17-20-10-12-22(13-11-20)32-16-15-23-19(3)33-27(29-23)26-14-9-18(2)35-26/h5-14,24H,4,15-17H2,1-3H3,(H,30,31). The number of aromatic nitrogens is 1. The van der Waals surface area contributed by atoms with Crippen molar-refractivity contribution in [2.45, 2.75) is 46.1 Å². The Labute approximate surface area is 209 Å². The van der Waals surface area contributed by atoms with Crippen molar-refractivity contribution in [3.8, 4) is 22.3 Å². The summed E-state index contributed by atoms with van der Waals surface area (Å²) in [6.07, 6.45) is 0.841. The monoisotopic (exact) mass is 491 g/mol. The summed E-state index contributed by atoms with van der Waals surface area (Å²) in [5.41, 5.74) is 2.94. The number of aliphatic carboxylic acids is 1. The molecule has 0 bridgehead atoms. The second-order valence-electron chi connectivity index (χ2n) is 8.31. The van der Waals surface area contributed by atoms with Crippen LogP contribution in [0.5, 0.6) is 11.5 Å². The molecule has 1 atom stereocenters. The van der Waals surface area contributed by atoms with Gasteiger partial charge in [0.05, 0.1) is 17.2 Å². The van der Waals surface area contributed by atoms with Gasteiger partial charge in [0.2, 0.25) is 5.89 Å². The van der Waals surface area contributed by atoms with Gasteiger partial charge in [-0.1, -0.05) is 37.3 Å². The quantitative estimate of drug-likeness (QED) is 0.259. The average molecular weight is 492 g/mol. The Hall–Kier alpha value is -3.58. The average Bonchev–Trinajstić information content (AvgIpc) is 3.44. The Morgan fingerprint density at radius 2 is 1.86 bits per heavy atom. The van der Waals surface area contributed by atoms with Crippen LogP contribution in [0.3, 0.4) is 0 Å². The molecule has 0 amide bonds. The Morgan fingerprint density at radius 1 is 1.09 bits per heavy atom. The molecule has 1 N–H and O–H groups in total. The van der Waals surface area contributed by atoms with Gasteiger partial charge < -0.3 is 19.0 Å². The fourth-order valence-electron chi connectivity index (χ4n) is 3.73. The van der Waals surface area contributed by atoms with Gasteiger partial charge in [0, 0.05) is 17.7 Å². The molecule has 0 saturated heterocycles. The predicted molar refractivity (Wildman–Crippen MR) is 137 cm³/mol. The van der Waals surface area contributed by atoms with E-state index in [2.05, 4.69) is 18.0 Å². The molecular formula is C28H29NO5S. The molecule has 0 aliphatic heterocycles. The highest BCUT2D eigenvalue weighted by Gasteiger charge is 2.18. The number of aryl methyl sites for hydroxylation is 2. The summed E-state index contributed by atoms with van der Waals surface area (Å²) < 4.78 is 17.5. The highest BCUT2D eigenvalue weighted by Crippen LogP contribution is 2.29. The molecule has 2 heterocycles. The van der Waals surface area contributed by atoms with E-state index in [1.807, 2.05) is 61.5 Å². The van der Waals surface area contributed by atoms with Crippen LogP contribution in [0.25, 0.3) is 10.8 Å². The van der Waals surface area contributed by atoms with Crippen molar-refractivity contribution < 1.29 is 23.8 Å². The molecular weight excluding hydrogens is 462 g/mol. The number of oxazole rings is 1.